The maximum atomic E-state index is 5.58. The first-order valence-electron chi connectivity index (χ1n) is 7.74. The lowest BCUT2D eigenvalue weighted by atomic mass is 9.97. The molecule has 0 saturated heterocycles. The number of hydrogen-bond donors (Lipinski definition) is 2. The summed E-state index contributed by atoms with van der Waals surface area (Å²) in [4.78, 5) is 0. The molecule has 0 saturated carbocycles. The Labute approximate surface area is 132 Å². The molecule has 2 rings (SSSR count). The van der Waals surface area contributed by atoms with Crippen LogP contribution in [-0.4, -0.2) is 18.3 Å². The van der Waals surface area contributed by atoms with Crippen LogP contribution in [0, 0.1) is 0 Å². The van der Waals surface area contributed by atoms with Gasteiger partial charge in [0.05, 0.1) is 12.3 Å². The number of nitrogens with one attached hydrogen (secondary N) is 2. The minimum atomic E-state index is 0.646. The average Bonchev–Trinajstić information content (AvgIpc) is 2.50. The lowest BCUT2D eigenvalue weighted by molar-refractivity contribution is 0.342. The van der Waals surface area contributed by atoms with E-state index in [2.05, 4.69) is 16.7 Å². The van der Waals surface area contributed by atoms with Gasteiger partial charge in [0.2, 0.25) is 0 Å². The summed E-state index contributed by atoms with van der Waals surface area (Å²) >= 11 is 5.35. The number of para-hydroxylation sites is 2. The number of thiocarbonyl (C=S) groups is 1. The molecule has 0 aliphatic heterocycles. The zero-order chi connectivity index (χ0) is 14.9. The summed E-state index contributed by atoms with van der Waals surface area (Å²) in [5, 5.41) is 7.13. The molecule has 0 amide bonds. The van der Waals surface area contributed by atoms with Gasteiger partial charge in [-0.25, -0.2) is 0 Å². The van der Waals surface area contributed by atoms with Crippen molar-refractivity contribution in [3.63, 3.8) is 0 Å². The Morgan fingerprint density at radius 1 is 1.29 bits per heavy atom. The van der Waals surface area contributed by atoms with E-state index in [9.17, 15) is 0 Å². The van der Waals surface area contributed by atoms with E-state index in [-0.39, 0.29) is 0 Å². The molecule has 0 unspecified atom stereocenters. The highest BCUT2D eigenvalue weighted by Crippen LogP contribution is 2.23. The smallest absolute Gasteiger partial charge is 0.170 e. The number of hydrogen-bond acceptors (Lipinski definition) is 2. The Kier molecular flexibility index (Phi) is 6.54. The summed E-state index contributed by atoms with van der Waals surface area (Å²) in [6, 6.07) is 7.85. The molecule has 2 N–H and O–H groups in total. The SMILES string of the molecule is CCOc1ccccc1NC(=S)NCCC1=CCCCC1. The summed E-state index contributed by atoms with van der Waals surface area (Å²) < 4.78 is 5.58. The molecule has 0 spiro atoms. The van der Waals surface area contributed by atoms with Crippen LogP contribution in [0.15, 0.2) is 35.9 Å². The fraction of sp³-hybridized carbons (Fsp3) is 0.471. The second-order valence-electron chi connectivity index (χ2n) is 5.17. The van der Waals surface area contributed by atoms with E-state index in [4.69, 9.17) is 17.0 Å². The molecule has 1 aliphatic rings. The Bertz CT molecular complexity index is 499. The molecule has 0 bridgehead atoms. The summed E-state index contributed by atoms with van der Waals surface area (Å²) in [5.74, 6) is 0.833. The van der Waals surface area contributed by atoms with Crippen LogP contribution in [0.1, 0.15) is 39.0 Å². The summed E-state index contributed by atoms with van der Waals surface area (Å²) in [7, 11) is 0. The molecule has 0 atom stereocenters. The molecule has 0 radical (unpaired) electrons. The van der Waals surface area contributed by atoms with E-state index in [0.717, 1.165) is 24.4 Å². The maximum Gasteiger partial charge on any atom is 0.170 e. The molecule has 0 aromatic heterocycles. The zero-order valence-corrected chi connectivity index (χ0v) is 13.5. The van der Waals surface area contributed by atoms with Gasteiger partial charge < -0.3 is 15.4 Å². The summed E-state index contributed by atoms with van der Waals surface area (Å²) in [5.41, 5.74) is 2.47. The van der Waals surface area contributed by atoms with Crippen molar-refractivity contribution >= 4 is 23.0 Å². The Hall–Kier alpha value is -1.55. The highest BCUT2D eigenvalue weighted by Gasteiger charge is 2.06. The van der Waals surface area contributed by atoms with Crippen molar-refractivity contribution < 1.29 is 4.74 Å². The molecule has 114 valence electrons. The maximum absolute atomic E-state index is 5.58. The van der Waals surface area contributed by atoms with Gasteiger partial charge in [-0.2, -0.15) is 0 Å². The minimum Gasteiger partial charge on any atom is -0.492 e. The average molecular weight is 304 g/mol. The number of anilines is 1. The highest BCUT2D eigenvalue weighted by atomic mass is 32.1. The van der Waals surface area contributed by atoms with Crippen molar-refractivity contribution in [2.24, 2.45) is 0 Å². The largest absolute Gasteiger partial charge is 0.492 e. The summed E-state index contributed by atoms with van der Waals surface area (Å²) in [6.45, 7) is 3.51. The Morgan fingerprint density at radius 3 is 2.90 bits per heavy atom. The van der Waals surface area contributed by atoms with Gasteiger partial charge in [-0.05, 0) is 63.4 Å². The molecule has 1 aliphatic carbocycles. The molecule has 3 nitrogen and oxygen atoms in total. The third kappa shape index (κ3) is 5.38. The zero-order valence-electron chi connectivity index (χ0n) is 12.7. The molecule has 1 aromatic rings. The fourth-order valence-electron chi connectivity index (χ4n) is 2.49. The second-order valence-corrected chi connectivity index (χ2v) is 5.58. The van der Waals surface area contributed by atoms with Gasteiger partial charge in [0.15, 0.2) is 5.11 Å². The lowest BCUT2D eigenvalue weighted by Gasteiger charge is -2.16. The first-order valence-corrected chi connectivity index (χ1v) is 8.15. The molecular weight excluding hydrogens is 280 g/mol. The van der Waals surface area contributed by atoms with Crippen LogP contribution in [-0.2, 0) is 0 Å². The van der Waals surface area contributed by atoms with Crippen LogP contribution in [0.2, 0.25) is 0 Å². The minimum absolute atomic E-state index is 0.646. The van der Waals surface area contributed by atoms with Crippen LogP contribution < -0.4 is 15.4 Å². The van der Waals surface area contributed by atoms with Crippen LogP contribution in [0.4, 0.5) is 5.69 Å². The third-order valence-corrected chi connectivity index (χ3v) is 3.80. The first-order chi connectivity index (χ1) is 10.3. The van der Waals surface area contributed by atoms with Crippen LogP contribution >= 0.6 is 12.2 Å². The van der Waals surface area contributed by atoms with E-state index in [0.29, 0.717) is 11.7 Å². The standard InChI is InChI=1S/C17H24N2OS/c1-2-20-16-11-7-6-10-15(16)19-17(21)18-13-12-14-8-4-3-5-9-14/h6-8,10-11H,2-5,9,12-13H2,1H3,(H2,18,19,21). The predicted octanol–water partition coefficient (Wildman–Crippen LogP) is 4.26. The van der Waals surface area contributed by atoms with E-state index in [1.165, 1.54) is 25.7 Å². The molecular formula is C17H24N2OS. The quantitative estimate of drug-likeness (QED) is 0.607. The van der Waals surface area contributed by atoms with Gasteiger partial charge in [-0.3, -0.25) is 0 Å². The van der Waals surface area contributed by atoms with Crippen molar-refractivity contribution in [1.82, 2.24) is 5.32 Å². The van der Waals surface area contributed by atoms with Crippen molar-refractivity contribution in [1.29, 1.82) is 0 Å². The fourth-order valence-corrected chi connectivity index (χ4v) is 2.70. The molecule has 21 heavy (non-hydrogen) atoms. The highest BCUT2D eigenvalue weighted by molar-refractivity contribution is 7.80. The van der Waals surface area contributed by atoms with Gasteiger partial charge >= 0.3 is 0 Å². The Balaban J connectivity index is 1.77. The number of allylic oxidation sites excluding steroid dienone is 1. The number of ether oxygens (including phenoxy) is 1. The van der Waals surface area contributed by atoms with E-state index >= 15 is 0 Å². The molecule has 4 heteroatoms. The van der Waals surface area contributed by atoms with Crippen molar-refractivity contribution in [2.45, 2.75) is 39.0 Å². The topological polar surface area (TPSA) is 33.3 Å². The molecule has 0 fully saturated rings. The van der Waals surface area contributed by atoms with E-state index in [1.807, 2.05) is 31.2 Å². The number of rotatable bonds is 6. The van der Waals surface area contributed by atoms with Crippen LogP contribution in [0.5, 0.6) is 5.75 Å². The van der Waals surface area contributed by atoms with E-state index in [1.54, 1.807) is 5.57 Å². The second kappa shape index (κ2) is 8.67. The monoisotopic (exact) mass is 304 g/mol. The van der Waals surface area contributed by atoms with Crippen molar-refractivity contribution in [3.8, 4) is 5.75 Å². The number of benzene rings is 1. The summed E-state index contributed by atoms with van der Waals surface area (Å²) in [6.07, 6.45) is 8.61. The van der Waals surface area contributed by atoms with Crippen molar-refractivity contribution in [3.05, 3.63) is 35.9 Å². The van der Waals surface area contributed by atoms with Crippen LogP contribution in [0.3, 0.4) is 0 Å². The molecule has 0 heterocycles. The third-order valence-electron chi connectivity index (χ3n) is 3.55. The first kappa shape index (κ1) is 15.8. The Morgan fingerprint density at radius 2 is 2.14 bits per heavy atom. The van der Waals surface area contributed by atoms with Gasteiger partial charge in [-0.1, -0.05) is 23.8 Å². The van der Waals surface area contributed by atoms with Crippen molar-refractivity contribution in [2.75, 3.05) is 18.5 Å². The van der Waals surface area contributed by atoms with Gasteiger partial charge in [0.25, 0.3) is 0 Å². The van der Waals surface area contributed by atoms with Gasteiger partial charge in [0.1, 0.15) is 5.75 Å². The van der Waals surface area contributed by atoms with Crippen LogP contribution in [0.25, 0.3) is 0 Å². The normalized spacial score (nSPS) is 14.2. The van der Waals surface area contributed by atoms with Gasteiger partial charge in [0, 0.05) is 6.54 Å². The van der Waals surface area contributed by atoms with Gasteiger partial charge in [-0.15, -0.1) is 0 Å². The molecule has 1 aromatic carbocycles. The lowest BCUT2D eigenvalue weighted by Crippen LogP contribution is -2.29. The van der Waals surface area contributed by atoms with E-state index < -0.39 is 0 Å². The predicted molar refractivity (Wildman–Crippen MR) is 93.0 cm³/mol.